The zero-order valence-corrected chi connectivity index (χ0v) is 38.8. The van der Waals surface area contributed by atoms with Crippen LogP contribution >= 0.6 is 0 Å². The number of aromatic nitrogens is 1. The fourth-order valence-corrected chi connectivity index (χ4v) is 7.02. The van der Waals surface area contributed by atoms with Gasteiger partial charge in [0.05, 0.1) is 6.42 Å². The van der Waals surface area contributed by atoms with Gasteiger partial charge in [0.25, 0.3) is 11.8 Å². The number of halogens is 1. The maximum Gasteiger partial charge on any atom is 0.326 e. The van der Waals surface area contributed by atoms with Gasteiger partial charge in [-0.3, -0.25) is 28.8 Å². The molecule has 1 heterocycles. The molecule has 0 spiro atoms. The molecule has 3 aromatic carbocycles. The van der Waals surface area contributed by atoms with Crippen molar-refractivity contribution in [3.05, 3.63) is 113 Å². The van der Waals surface area contributed by atoms with Crippen LogP contribution in [0.25, 0.3) is 10.8 Å². The number of aliphatic carboxylic acids is 5. The summed E-state index contributed by atoms with van der Waals surface area (Å²) in [4.78, 5) is 138. The first-order chi connectivity index (χ1) is 34.7. The molecular weight excluding hydrogens is 963 g/mol. The Labute approximate surface area is 414 Å². The second-order valence-electron chi connectivity index (χ2n) is 16.4. The Morgan fingerprint density at radius 2 is 1.10 bits per heavy atom. The zero-order chi connectivity index (χ0) is 53.6. The minimum absolute atomic E-state index is 0.0325. The van der Waals surface area contributed by atoms with E-state index in [0.29, 0.717) is 11.1 Å². The summed E-state index contributed by atoms with van der Waals surface area (Å²) in [6, 6.07) is 12.2. The third kappa shape index (κ3) is 19.4. The number of carboxylic acids is 5. The van der Waals surface area contributed by atoms with E-state index in [-0.39, 0.29) is 49.9 Å². The minimum Gasteiger partial charge on any atom is -0.481 e. The lowest BCUT2D eigenvalue weighted by molar-refractivity contribution is -0.144. The van der Waals surface area contributed by atoms with Crippen LogP contribution in [-0.4, -0.2) is 133 Å². The summed E-state index contributed by atoms with van der Waals surface area (Å²) in [6.45, 7) is -0.101. The van der Waals surface area contributed by atoms with E-state index in [1.807, 2.05) is 47.8 Å². The summed E-state index contributed by atoms with van der Waals surface area (Å²) in [5, 5.41) is 65.3. The molecule has 0 aliphatic heterocycles. The van der Waals surface area contributed by atoms with Gasteiger partial charge < -0.3 is 62.8 Å². The van der Waals surface area contributed by atoms with Gasteiger partial charge in [0.1, 0.15) is 30.2 Å². The number of rotatable bonds is 29. The lowest BCUT2D eigenvalue weighted by atomic mass is 10.0. The fraction of sp³-hybridized carbons (Fsp3) is 0.333. The number of unbranched alkanes of at least 4 members (excludes halogenated alkanes) is 1. The molecule has 24 nitrogen and oxygen atoms in total. The van der Waals surface area contributed by atoms with E-state index in [4.69, 9.17) is 5.11 Å². The number of hydrogen-bond donors (Lipinski definition) is 12. The first kappa shape index (κ1) is 56.6. The Morgan fingerprint density at radius 3 is 1.73 bits per heavy atom. The van der Waals surface area contributed by atoms with Gasteiger partial charge in [0, 0.05) is 55.7 Å². The number of fused-ring (bicyclic) bond motifs is 1. The maximum atomic E-state index is 13.6. The third-order valence-corrected chi connectivity index (χ3v) is 10.9. The van der Waals surface area contributed by atoms with Crippen molar-refractivity contribution < 1.29 is 82.7 Å². The van der Waals surface area contributed by atoms with Crippen molar-refractivity contribution in [1.29, 1.82) is 0 Å². The average Bonchev–Trinajstić information content (AvgIpc) is 3.34. The lowest BCUT2D eigenvalue weighted by Crippen LogP contribution is -2.51. The monoisotopic (exact) mass is 1020 g/mol. The Balaban J connectivity index is 1.30. The fourth-order valence-electron chi connectivity index (χ4n) is 7.02. The molecule has 4 aromatic rings. The normalized spacial score (nSPS) is 12.8. The van der Waals surface area contributed by atoms with Gasteiger partial charge in [0.15, 0.2) is 0 Å². The van der Waals surface area contributed by atoms with Gasteiger partial charge in [-0.15, -0.1) is 0 Å². The highest BCUT2D eigenvalue weighted by Crippen LogP contribution is 2.18. The average molecular weight is 1020 g/mol. The molecular formula is C48H53FN8O16. The molecule has 388 valence electrons. The van der Waals surface area contributed by atoms with Crippen molar-refractivity contribution in [2.75, 3.05) is 6.54 Å². The van der Waals surface area contributed by atoms with E-state index in [1.165, 1.54) is 24.3 Å². The maximum absolute atomic E-state index is 13.6. The molecule has 0 saturated heterocycles. The molecule has 25 heteroatoms. The topological polar surface area (TPSA) is 386 Å². The number of carboxylic acid groups (broad SMARTS) is 5. The van der Waals surface area contributed by atoms with Crippen LogP contribution in [0.2, 0.25) is 0 Å². The second-order valence-corrected chi connectivity index (χ2v) is 16.4. The van der Waals surface area contributed by atoms with Crippen LogP contribution in [0.5, 0.6) is 0 Å². The van der Waals surface area contributed by atoms with Crippen molar-refractivity contribution in [2.45, 2.75) is 94.5 Å². The van der Waals surface area contributed by atoms with Gasteiger partial charge in [-0.2, -0.15) is 4.39 Å². The quantitative estimate of drug-likeness (QED) is 0.0269. The number of nitrogens with one attached hydrogen (secondary N) is 7. The van der Waals surface area contributed by atoms with Crippen LogP contribution in [0.1, 0.15) is 83.2 Å². The van der Waals surface area contributed by atoms with Crippen LogP contribution in [0.3, 0.4) is 0 Å². The highest BCUT2D eigenvalue weighted by molar-refractivity contribution is 5.98. The Morgan fingerprint density at radius 1 is 0.521 bits per heavy atom. The predicted molar refractivity (Wildman–Crippen MR) is 252 cm³/mol. The predicted octanol–water partition coefficient (Wildman–Crippen LogP) is 1.31. The Bertz CT molecular complexity index is 2690. The van der Waals surface area contributed by atoms with Crippen molar-refractivity contribution in [1.82, 2.24) is 42.2 Å². The van der Waals surface area contributed by atoms with E-state index in [9.17, 15) is 77.6 Å². The van der Waals surface area contributed by atoms with E-state index < -0.39 is 134 Å². The second kappa shape index (κ2) is 28.0. The lowest BCUT2D eigenvalue weighted by Gasteiger charge is -2.20. The summed E-state index contributed by atoms with van der Waals surface area (Å²) >= 11 is 0. The zero-order valence-electron chi connectivity index (χ0n) is 38.8. The molecule has 4 rings (SSSR count). The van der Waals surface area contributed by atoms with Crippen molar-refractivity contribution in [3.63, 3.8) is 0 Å². The van der Waals surface area contributed by atoms with Gasteiger partial charge in [-0.25, -0.2) is 29.0 Å². The number of pyridine rings is 1. The minimum atomic E-state index is -1.72. The largest absolute Gasteiger partial charge is 0.481 e. The number of benzene rings is 3. The van der Waals surface area contributed by atoms with Crippen LogP contribution in [0.15, 0.2) is 85.1 Å². The van der Waals surface area contributed by atoms with Gasteiger partial charge in [0.2, 0.25) is 23.7 Å². The molecule has 1 aromatic heterocycles. The number of hydrogen-bond acceptors (Lipinski definition) is 12. The molecule has 5 unspecified atom stereocenters. The van der Waals surface area contributed by atoms with Crippen LogP contribution in [0.4, 0.5) is 9.18 Å². The number of amides is 7. The molecule has 0 aliphatic rings. The number of nitrogens with zero attached hydrogens (tertiary/aromatic N) is 1. The number of urea groups is 1. The van der Waals surface area contributed by atoms with Crippen LogP contribution < -0.4 is 37.2 Å². The molecule has 0 saturated carbocycles. The van der Waals surface area contributed by atoms with E-state index >= 15 is 0 Å². The van der Waals surface area contributed by atoms with E-state index in [1.54, 1.807) is 0 Å². The first-order valence-corrected chi connectivity index (χ1v) is 22.5. The summed E-state index contributed by atoms with van der Waals surface area (Å²) in [6.07, 6.45) is -1.40. The highest BCUT2D eigenvalue weighted by atomic mass is 18.2. The Kier molecular flexibility index (Phi) is 21.7. The smallest absolute Gasteiger partial charge is 0.326 e. The number of carbonyl (C=O) groups excluding carboxylic acids is 6. The standard InChI is InChI=1S/C48H53FN8O16/c49-37-23-31(18-20-50-37)42(63)54-33(45(67)68)14-16-38(58)53-36(47(71)72)24-39(59)52-25-26-8-12-29(13-9-26)41(62)55-35(22-27-10-11-28-5-1-2-6-30(28)21-27)43(64)51-19-4-3-7-32(44(65)66)56-48(73)57-34(46(69)70)15-17-40(60)61/h1-2,5-6,8-13,18,20-21,23,32-36H,3-4,7,14-17,19,22,24-25H2,(H,51,64)(H,52,59)(H,53,58)(H,54,63)(H,55,62)(H,60,61)(H,65,66)(H,67,68)(H,69,70)(H,71,72)(H2,56,57,73)/i49-1. The van der Waals surface area contributed by atoms with Crippen molar-refractivity contribution in [2.24, 2.45) is 0 Å². The molecule has 0 aliphatic carbocycles. The highest BCUT2D eigenvalue weighted by Gasteiger charge is 2.28. The van der Waals surface area contributed by atoms with Gasteiger partial charge in [-0.1, -0.05) is 54.6 Å². The molecule has 0 bridgehead atoms. The van der Waals surface area contributed by atoms with Crippen molar-refractivity contribution >= 4 is 76.2 Å². The summed E-state index contributed by atoms with van der Waals surface area (Å²) in [5.41, 5.74) is 1.10. The van der Waals surface area contributed by atoms with Crippen LogP contribution in [-0.2, 0) is 51.3 Å². The SMILES string of the molecule is O=C(O)CCC(NC(=O)NC(CCCCNC(=O)C(Cc1ccc2ccccc2c1)NC(=O)c1ccc(CNC(=O)CC(NC(=O)CCC(NC(=O)c2ccnc([18F])c2)C(=O)O)C(=O)O)cc1)C(=O)O)C(=O)O. The Hall–Kier alpha value is -9.03. The number of carbonyl (C=O) groups is 11. The summed E-state index contributed by atoms with van der Waals surface area (Å²) in [5.74, 6) is -12.2. The molecule has 73 heavy (non-hydrogen) atoms. The third-order valence-electron chi connectivity index (χ3n) is 10.9. The van der Waals surface area contributed by atoms with Crippen LogP contribution in [0, 0.1) is 5.95 Å². The molecule has 0 radical (unpaired) electrons. The molecule has 12 N–H and O–H groups in total. The van der Waals surface area contributed by atoms with Gasteiger partial charge >= 0.3 is 35.9 Å². The molecule has 7 amide bonds. The van der Waals surface area contributed by atoms with Crippen molar-refractivity contribution in [3.8, 4) is 0 Å². The first-order valence-electron chi connectivity index (χ1n) is 22.5. The van der Waals surface area contributed by atoms with E-state index in [0.717, 1.165) is 29.1 Å². The molecule has 0 fully saturated rings. The van der Waals surface area contributed by atoms with E-state index in [2.05, 4.69) is 36.9 Å². The molecule has 5 atom stereocenters. The van der Waals surface area contributed by atoms with Gasteiger partial charge in [-0.05, 0) is 72.2 Å². The summed E-state index contributed by atoms with van der Waals surface area (Å²) < 4.78 is 13.4. The summed E-state index contributed by atoms with van der Waals surface area (Å²) in [7, 11) is 0.